The van der Waals surface area contributed by atoms with E-state index in [1.807, 2.05) is 32.2 Å². The van der Waals surface area contributed by atoms with Crippen LogP contribution in [0.5, 0.6) is 0 Å². The molecule has 2 rings (SSSR count). The van der Waals surface area contributed by atoms with Crippen molar-refractivity contribution in [2.45, 2.75) is 24.9 Å². The summed E-state index contributed by atoms with van der Waals surface area (Å²) < 4.78 is 0. The van der Waals surface area contributed by atoms with Gasteiger partial charge in [-0.25, -0.2) is 0 Å². The Labute approximate surface area is 143 Å². The summed E-state index contributed by atoms with van der Waals surface area (Å²) in [5.74, 6) is 0.863. The van der Waals surface area contributed by atoms with Gasteiger partial charge < -0.3 is 10.2 Å². The molecule has 0 fully saturated rings. The van der Waals surface area contributed by atoms with Crippen molar-refractivity contribution in [3.05, 3.63) is 59.4 Å². The van der Waals surface area contributed by atoms with Gasteiger partial charge in [0.1, 0.15) is 0 Å². The van der Waals surface area contributed by atoms with Crippen LogP contribution in [0.15, 0.2) is 52.4 Å². The summed E-state index contributed by atoms with van der Waals surface area (Å²) in [4.78, 5) is 12.3. The van der Waals surface area contributed by atoms with E-state index in [0.717, 1.165) is 23.9 Å². The first-order valence-corrected chi connectivity index (χ1v) is 8.82. The zero-order chi connectivity index (χ0) is 16.7. The van der Waals surface area contributed by atoms with Crippen LogP contribution in [-0.4, -0.2) is 36.2 Å². The summed E-state index contributed by atoms with van der Waals surface area (Å²) in [6.07, 6.45) is 2.09. The van der Waals surface area contributed by atoms with Gasteiger partial charge in [-0.15, -0.1) is 11.8 Å². The molecular weight excluding hydrogens is 304 g/mol. The highest BCUT2D eigenvalue weighted by Crippen LogP contribution is 2.15. The van der Waals surface area contributed by atoms with E-state index in [1.54, 1.807) is 18.8 Å². The lowest BCUT2D eigenvalue weighted by Crippen LogP contribution is -2.38. The van der Waals surface area contributed by atoms with Crippen molar-refractivity contribution < 1.29 is 0 Å². The molecule has 0 saturated carbocycles. The van der Waals surface area contributed by atoms with Gasteiger partial charge in [-0.05, 0) is 43.0 Å². The molecule has 0 radical (unpaired) electrons. The number of hydrogen-bond donors (Lipinski definition) is 1. The van der Waals surface area contributed by atoms with Crippen LogP contribution >= 0.6 is 11.8 Å². The van der Waals surface area contributed by atoms with Crippen LogP contribution in [0.2, 0.25) is 0 Å². The number of rotatable bonds is 5. The fraction of sp³-hybridized carbons (Fsp3) is 0.333. The first-order valence-electron chi connectivity index (χ1n) is 7.59. The van der Waals surface area contributed by atoms with Crippen LogP contribution in [-0.2, 0) is 13.1 Å². The maximum atomic E-state index is 4.50. The number of nitrogens with zero attached hydrogens (tertiary/aromatic N) is 3. The third-order valence-corrected chi connectivity index (χ3v) is 4.27. The molecule has 1 N–H and O–H groups in total. The van der Waals surface area contributed by atoms with E-state index in [2.05, 4.69) is 50.7 Å². The molecule has 0 atom stereocenters. The summed E-state index contributed by atoms with van der Waals surface area (Å²) in [6.45, 7) is 3.49. The molecule has 5 heteroatoms. The van der Waals surface area contributed by atoms with Crippen molar-refractivity contribution in [1.29, 1.82) is 0 Å². The molecule has 0 spiro atoms. The number of nitrogens with one attached hydrogen (secondary N) is 1. The van der Waals surface area contributed by atoms with E-state index < -0.39 is 0 Å². The Balaban J connectivity index is 1.94. The Kier molecular flexibility index (Phi) is 6.47. The maximum absolute atomic E-state index is 4.50. The number of aromatic nitrogens is 1. The van der Waals surface area contributed by atoms with Gasteiger partial charge >= 0.3 is 0 Å². The topological polar surface area (TPSA) is 40.5 Å². The van der Waals surface area contributed by atoms with Gasteiger partial charge in [-0.3, -0.25) is 9.98 Å². The van der Waals surface area contributed by atoms with Crippen molar-refractivity contribution in [1.82, 2.24) is 15.2 Å². The highest BCUT2D eigenvalue weighted by atomic mass is 32.2. The number of thioether (sulfide) groups is 1. The molecule has 122 valence electrons. The fourth-order valence-corrected chi connectivity index (χ4v) is 2.74. The van der Waals surface area contributed by atoms with Gasteiger partial charge in [0, 0.05) is 31.2 Å². The Morgan fingerprint density at radius 3 is 2.57 bits per heavy atom. The van der Waals surface area contributed by atoms with E-state index in [0.29, 0.717) is 6.54 Å². The average molecular weight is 328 g/mol. The largest absolute Gasteiger partial charge is 0.351 e. The maximum Gasteiger partial charge on any atom is 0.194 e. The number of benzene rings is 1. The molecule has 0 unspecified atom stereocenters. The molecule has 0 amide bonds. The predicted molar refractivity (Wildman–Crippen MR) is 98.9 cm³/mol. The van der Waals surface area contributed by atoms with Crippen LogP contribution < -0.4 is 5.32 Å². The Morgan fingerprint density at radius 1 is 1.22 bits per heavy atom. The molecule has 4 nitrogen and oxygen atoms in total. The predicted octanol–water partition coefficient (Wildman–Crippen LogP) is 3.32. The number of guanidine groups is 1. The van der Waals surface area contributed by atoms with Gasteiger partial charge in [0.25, 0.3) is 0 Å². The Hall–Kier alpha value is -2.01. The van der Waals surface area contributed by atoms with Crippen LogP contribution in [0.1, 0.15) is 17.0 Å². The number of aliphatic imine (C=N–C) groups is 1. The second-order valence-electron chi connectivity index (χ2n) is 5.38. The molecule has 1 aromatic heterocycles. The average Bonchev–Trinajstić information content (AvgIpc) is 2.56. The van der Waals surface area contributed by atoms with E-state index >= 15 is 0 Å². The summed E-state index contributed by atoms with van der Waals surface area (Å²) in [5.41, 5.74) is 3.31. The van der Waals surface area contributed by atoms with Crippen molar-refractivity contribution >= 4 is 17.7 Å². The summed E-state index contributed by atoms with van der Waals surface area (Å²) in [7, 11) is 3.85. The first-order chi connectivity index (χ1) is 11.1. The standard InChI is InChI=1S/C18H24N4S/c1-14-6-5-7-16(21-14)12-20-18(19-2)22(3)13-15-8-10-17(23-4)11-9-15/h5-11H,12-13H2,1-4H3,(H,19,20). The zero-order valence-electron chi connectivity index (χ0n) is 14.2. The zero-order valence-corrected chi connectivity index (χ0v) is 15.0. The van der Waals surface area contributed by atoms with E-state index in [4.69, 9.17) is 0 Å². The van der Waals surface area contributed by atoms with Gasteiger partial charge in [0.15, 0.2) is 5.96 Å². The first kappa shape index (κ1) is 17.3. The smallest absolute Gasteiger partial charge is 0.194 e. The van der Waals surface area contributed by atoms with Crippen molar-refractivity contribution in [2.75, 3.05) is 20.4 Å². The molecule has 1 heterocycles. The number of hydrogen-bond acceptors (Lipinski definition) is 3. The minimum absolute atomic E-state index is 0.671. The molecule has 23 heavy (non-hydrogen) atoms. The highest BCUT2D eigenvalue weighted by molar-refractivity contribution is 7.98. The van der Waals surface area contributed by atoms with Crippen molar-refractivity contribution in [2.24, 2.45) is 4.99 Å². The Bertz CT molecular complexity index is 652. The molecule has 1 aromatic carbocycles. The van der Waals surface area contributed by atoms with Crippen molar-refractivity contribution in [3.63, 3.8) is 0 Å². The van der Waals surface area contributed by atoms with E-state index in [-0.39, 0.29) is 0 Å². The molecule has 2 aromatic rings. The van der Waals surface area contributed by atoms with E-state index in [1.165, 1.54) is 10.5 Å². The molecular formula is C18H24N4S. The number of aryl methyl sites for hydroxylation is 1. The lowest BCUT2D eigenvalue weighted by atomic mass is 10.2. The normalized spacial score (nSPS) is 11.4. The number of pyridine rings is 1. The third kappa shape index (κ3) is 5.28. The molecule has 0 aliphatic carbocycles. The summed E-state index contributed by atoms with van der Waals surface area (Å²) >= 11 is 1.76. The SMILES string of the molecule is CN=C(NCc1cccc(C)n1)N(C)Cc1ccc(SC)cc1. The van der Waals surface area contributed by atoms with Gasteiger partial charge in [-0.1, -0.05) is 18.2 Å². The lowest BCUT2D eigenvalue weighted by molar-refractivity contribution is 0.476. The third-order valence-electron chi connectivity index (χ3n) is 3.53. The molecule has 0 bridgehead atoms. The van der Waals surface area contributed by atoms with Crippen LogP contribution in [0.25, 0.3) is 0 Å². The minimum Gasteiger partial charge on any atom is -0.351 e. The summed E-state index contributed by atoms with van der Waals surface area (Å²) in [5, 5.41) is 3.36. The van der Waals surface area contributed by atoms with Gasteiger partial charge in [0.05, 0.1) is 12.2 Å². The molecule has 0 aliphatic heterocycles. The fourth-order valence-electron chi connectivity index (χ4n) is 2.33. The van der Waals surface area contributed by atoms with Gasteiger partial charge in [0.2, 0.25) is 0 Å². The summed E-state index contributed by atoms with van der Waals surface area (Å²) in [6, 6.07) is 14.7. The minimum atomic E-state index is 0.671. The highest BCUT2D eigenvalue weighted by Gasteiger charge is 2.07. The molecule has 0 aliphatic rings. The Morgan fingerprint density at radius 2 is 1.96 bits per heavy atom. The quantitative estimate of drug-likeness (QED) is 0.519. The van der Waals surface area contributed by atoms with Crippen LogP contribution in [0.4, 0.5) is 0 Å². The lowest BCUT2D eigenvalue weighted by Gasteiger charge is -2.22. The van der Waals surface area contributed by atoms with Gasteiger partial charge in [-0.2, -0.15) is 0 Å². The van der Waals surface area contributed by atoms with Crippen LogP contribution in [0.3, 0.4) is 0 Å². The van der Waals surface area contributed by atoms with Crippen molar-refractivity contribution in [3.8, 4) is 0 Å². The second kappa shape index (κ2) is 8.58. The second-order valence-corrected chi connectivity index (χ2v) is 6.25. The van der Waals surface area contributed by atoms with Crippen LogP contribution in [0, 0.1) is 6.92 Å². The monoisotopic (exact) mass is 328 g/mol. The molecule has 0 saturated heterocycles. The van der Waals surface area contributed by atoms with E-state index in [9.17, 15) is 0 Å².